The van der Waals surface area contributed by atoms with Gasteiger partial charge in [0.25, 0.3) is 5.23 Å². The number of nitrogens with zero attached hydrogens (tertiary/aromatic N) is 2. The van der Waals surface area contributed by atoms with Gasteiger partial charge < -0.3 is 14.4 Å². The lowest BCUT2D eigenvalue weighted by Crippen LogP contribution is -2.45. The zero-order valence-corrected chi connectivity index (χ0v) is 23.1. The number of alkyl carbamates (subject to hydrolysis) is 1. The first-order valence-corrected chi connectivity index (χ1v) is 16.9. The van der Waals surface area contributed by atoms with Crippen LogP contribution < -0.4 is 5.32 Å². The van der Waals surface area contributed by atoms with Crippen LogP contribution in [0.1, 0.15) is 42.1 Å². The van der Waals surface area contributed by atoms with Gasteiger partial charge in [0, 0.05) is 44.8 Å². The first kappa shape index (κ1) is 26.8. The van der Waals surface area contributed by atoms with Crippen LogP contribution >= 0.6 is 11.8 Å². The fourth-order valence-corrected chi connectivity index (χ4v) is 7.15. The molecule has 1 saturated heterocycles. The molecule has 2 heterocycles. The molecule has 2 fully saturated rings. The Morgan fingerprint density at radius 1 is 1.31 bits per heavy atom. The number of fused-ring (bicyclic) bond motifs is 1. The van der Waals surface area contributed by atoms with Crippen LogP contribution in [-0.4, -0.2) is 67.7 Å². The number of thioether (sulfide) groups is 1. The van der Waals surface area contributed by atoms with Gasteiger partial charge in [-0.2, -0.15) is 0 Å². The standard InChI is InChI=1S/C25H34FN3O5SSi/c1-24(18-13-17(15-30)7-8-19(18)26)20-14-25(20,21(31)29-9-5-6-10-29)35-23(28-24)34-22(32)27-16-33-11-12-36(2,3)4/h7-8,13,15,20H,5-6,9-12,14,16H2,1-4H3,(H,27,32)/t20-,24+,25-/m0/s1. The molecule has 0 bridgehead atoms. The maximum absolute atomic E-state index is 15.0. The van der Waals surface area contributed by atoms with Crippen molar-refractivity contribution in [1.82, 2.24) is 10.2 Å². The normalized spacial score (nSPS) is 27.2. The minimum absolute atomic E-state index is 0.00495. The number of carbonyl (C=O) groups is 3. The number of nitrogens with one attached hydrogen (secondary N) is 1. The summed E-state index contributed by atoms with van der Waals surface area (Å²) in [5.74, 6) is -0.841. The van der Waals surface area contributed by atoms with Gasteiger partial charge in [-0.05, 0) is 62.2 Å². The highest BCUT2D eigenvalue weighted by molar-refractivity contribution is 8.15. The second-order valence-corrected chi connectivity index (χ2v) is 18.0. The summed E-state index contributed by atoms with van der Waals surface area (Å²) < 4.78 is 25.2. The summed E-state index contributed by atoms with van der Waals surface area (Å²) in [6, 6.07) is 5.08. The molecule has 2 amide bonds. The number of likely N-dealkylation sites (tertiary alicyclic amines) is 1. The molecule has 0 spiro atoms. The van der Waals surface area contributed by atoms with Crippen molar-refractivity contribution in [2.75, 3.05) is 26.4 Å². The molecule has 1 saturated carbocycles. The van der Waals surface area contributed by atoms with Crippen molar-refractivity contribution < 1.29 is 28.2 Å². The molecule has 1 N–H and O–H groups in total. The Hall–Kier alpha value is -2.24. The van der Waals surface area contributed by atoms with E-state index in [0.29, 0.717) is 38.0 Å². The number of aldehydes is 1. The van der Waals surface area contributed by atoms with E-state index in [1.807, 2.05) is 4.90 Å². The first-order chi connectivity index (χ1) is 17.0. The molecule has 2 aliphatic heterocycles. The molecule has 1 aromatic carbocycles. The summed E-state index contributed by atoms with van der Waals surface area (Å²) in [5.41, 5.74) is -0.647. The van der Waals surface area contributed by atoms with Gasteiger partial charge in [0.2, 0.25) is 5.91 Å². The number of ether oxygens (including phenoxy) is 2. The van der Waals surface area contributed by atoms with E-state index in [2.05, 4.69) is 30.0 Å². The lowest BCUT2D eigenvalue weighted by molar-refractivity contribution is -0.130. The molecular weight excluding hydrogens is 501 g/mol. The van der Waals surface area contributed by atoms with E-state index in [9.17, 15) is 14.4 Å². The largest absolute Gasteiger partial charge is 0.416 e. The van der Waals surface area contributed by atoms with Crippen LogP contribution in [0.25, 0.3) is 0 Å². The zero-order valence-electron chi connectivity index (χ0n) is 21.3. The SMILES string of the molecule is C[C@]1(c2cc(C=O)ccc2F)N=C(OC(=O)NCOCC[Si](C)(C)C)S[C@@]2(C(=O)N3CCCC3)C[C@H]21. The predicted molar refractivity (Wildman–Crippen MR) is 139 cm³/mol. The smallest absolute Gasteiger partial charge is 0.385 e. The molecule has 196 valence electrons. The number of hydrogen-bond acceptors (Lipinski definition) is 7. The summed E-state index contributed by atoms with van der Waals surface area (Å²) >= 11 is 1.14. The fraction of sp³-hybridized carbons (Fsp3) is 0.600. The van der Waals surface area contributed by atoms with Crippen LogP contribution in [0.15, 0.2) is 23.2 Å². The highest BCUT2D eigenvalue weighted by atomic mass is 32.2. The van der Waals surface area contributed by atoms with Gasteiger partial charge in [0.05, 0.1) is 5.54 Å². The number of hydrogen-bond donors (Lipinski definition) is 1. The second-order valence-electron chi connectivity index (χ2n) is 11.1. The molecule has 1 aromatic rings. The number of rotatable bonds is 8. The highest BCUT2D eigenvalue weighted by Gasteiger charge is 2.72. The molecule has 1 aliphatic carbocycles. The predicted octanol–water partition coefficient (Wildman–Crippen LogP) is 4.38. The number of halogens is 1. The monoisotopic (exact) mass is 535 g/mol. The third kappa shape index (κ3) is 5.52. The molecule has 3 aliphatic rings. The lowest BCUT2D eigenvalue weighted by atomic mass is 9.85. The number of amides is 2. The molecular formula is C25H34FN3O5SSi. The van der Waals surface area contributed by atoms with E-state index < -0.39 is 30.3 Å². The van der Waals surface area contributed by atoms with Crippen molar-refractivity contribution in [3.05, 3.63) is 35.1 Å². The van der Waals surface area contributed by atoms with Gasteiger partial charge in [-0.1, -0.05) is 19.6 Å². The quantitative estimate of drug-likeness (QED) is 0.230. The summed E-state index contributed by atoms with van der Waals surface area (Å²) in [6.07, 6.45) is 2.27. The summed E-state index contributed by atoms with van der Waals surface area (Å²) in [4.78, 5) is 44.0. The summed E-state index contributed by atoms with van der Waals surface area (Å²) in [5, 5.41) is 2.57. The average Bonchev–Trinajstić information content (AvgIpc) is 3.32. The van der Waals surface area contributed by atoms with E-state index in [1.54, 1.807) is 6.92 Å². The number of aliphatic imine (C=N–C) groups is 1. The number of carbonyl (C=O) groups excluding carboxylic acids is 3. The van der Waals surface area contributed by atoms with E-state index in [-0.39, 0.29) is 29.3 Å². The van der Waals surface area contributed by atoms with Crippen molar-refractivity contribution >= 4 is 43.4 Å². The van der Waals surface area contributed by atoms with Crippen molar-refractivity contribution in [3.63, 3.8) is 0 Å². The Kier molecular flexibility index (Phi) is 7.64. The number of benzene rings is 1. The molecule has 0 aromatic heterocycles. The maximum atomic E-state index is 15.0. The van der Waals surface area contributed by atoms with Crippen molar-refractivity contribution in [3.8, 4) is 0 Å². The Labute approximate surface area is 216 Å². The highest BCUT2D eigenvalue weighted by Crippen LogP contribution is 2.67. The molecule has 3 atom stereocenters. The van der Waals surface area contributed by atoms with Gasteiger partial charge in [-0.15, -0.1) is 0 Å². The minimum Gasteiger partial charge on any atom is -0.385 e. The Bertz CT molecular complexity index is 1070. The summed E-state index contributed by atoms with van der Waals surface area (Å²) in [7, 11) is -1.24. The van der Waals surface area contributed by atoms with Gasteiger partial charge in [0.15, 0.2) is 0 Å². The van der Waals surface area contributed by atoms with E-state index >= 15 is 4.39 Å². The van der Waals surface area contributed by atoms with Crippen LogP contribution in [0.3, 0.4) is 0 Å². The van der Waals surface area contributed by atoms with Crippen molar-refractivity contribution in [2.45, 2.75) is 62.2 Å². The zero-order chi connectivity index (χ0) is 26.1. The fourth-order valence-electron chi connectivity index (χ4n) is 4.90. The third-order valence-electron chi connectivity index (χ3n) is 7.10. The molecule has 4 rings (SSSR count). The van der Waals surface area contributed by atoms with Crippen LogP contribution in [0, 0.1) is 11.7 Å². The van der Waals surface area contributed by atoms with Gasteiger partial charge in [0.1, 0.15) is 23.6 Å². The van der Waals surface area contributed by atoms with Crippen LogP contribution in [0.5, 0.6) is 0 Å². The van der Waals surface area contributed by atoms with Gasteiger partial charge in [-0.3, -0.25) is 14.9 Å². The molecule has 36 heavy (non-hydrogen) atoms. The van der Waals surface area contributed by atoms with Crippen molar-refractivity contribution in [2.24, 2.45) is 10.9 Å². The molecule has 0 radical (unpaired) electrons. The van der Waals surface area contributed by atoms with Crippen LogP contribution in [0.2, 0.25) is 25.7 Å². The van der Waals surface area contributed by atoms with Crippen molar-refractivity contribution in [1.29, 1.82) is 0 Å². The second kappa shape index (κ2) is 10.3. The Morgan fingerprint density at radius 3 is 2.69 bits per heavy atom. The van der Waals surface area contributed by atoms with E-state index in [1.165, 1.54) is 18.2 Å². The molecule has 0 unspecified atom stereocenters. The Morgan fingerprint density at radius 2 is 2.03 bits per heavy atom. The van der Waals surface area contributed by atoms with E-state index in [4.69, 9.17) is 9.47 Å². The topological polar surface area (TPSA) is 97.3 Å². The lowest BCUT2D eigenvalue weighted by Gasteiger charge is -2.35. The maximum Gasteiger partial charge on any atom is 0.416 e. The van der Waals surface area contributed by atoms with Crippen LogP contribution in [-0.2, 0) is 19.8 Å². The third-order valence-corrected chi connectivity index (χ3v) is 10.1. The van der Waals surface area contributed by atoms with Gasteiger partial charge >= 0.3 is 6.09 Å². The Balaban J connectivity index is 1.54. The van der Waals surface area contributed by atoms with Gasteiger partial charge in [-0.25, -0.2) is 14.2 Å². The average molecular weight is 536 g/mol. The van der Waals surface area contributed by atoms with Crippen LogP contribution in [0.4, 0.5) is 9.18 Å². The molecule has 8 nitrogen and oxygen atoms in total. The van der Waals surface area contributed by atoms with E-state index in [0.717, 1.165) is 30.6 Å². The molecule has 11 heteroatoms. The minimum atomic E-state index is -1.24. The first-order valence-electron chi connectivity index (χ1n) is 12.4. The summed E-state index contributed by atoms with van der Waals surface area (Å²) in [6.45, 7) is 10.4.